The molecular weight excluding hydrogens is 219 g/mol. The molecule has 1 aromatic carbocycles. The Morgan fingerprint density at radius 2 is 2.18 bits per heavy atom. The number of rotatable bonds is 1. The van der Waals surface area contributed by atoms with Crippen molar-refractivity contribution in [3.05, 3.63) is 35.1 Å². The molecule has 0 bridgehead atoms. The van der Waals surface area contributed by atoms with Gasteiger partial charge in [0.15, 0.2) is 0 Å². The average Bonchev–Trinajstić information content (AvgIpc) is 2.29. The Hall–Kier alpha value is -1.42. The second kappa shape index (κ2) is 4.45. The van der Waals surface area contributed by atoms with Crippen LogP contribution in [0.3, 0.4) is 0 Å². The zero-order chi connectivity index (χ0) is 12.6. The van der Waals surface area contributed by atoms with Gasteiger partial charge in [-0.3, -0.25) is 4.79 Å². The molecule has 2 N–H and O–H groups in total. The summed E-state index contributed by atoms with van der Waals surface area (Å²) >= 11 is 0. The predicted octanol–water partition coefficient (Wildman–Crippen LogP) is 1.75. The molecule has 0 spiro atoms. The number of hydrogen-bond acceptors (Lipinski definition) is 2. The predicted molar refractivity (Wildman–Crippen MR) is 63.9 cm³/mol. The fourth-order valence-corrected chi connectivity index (χ4v) is 2.44. The number of aryl methyl sites for hydroxylation is 1. The number of likely N-dealkylation sites (N-methyl/N-ethyl adjacent to an activating group) is 1. The number of nitrogens with zero attached hydrogens (tertiary/aromatic N) is 1. The Morgan fingerprint density at radius 3 is 2.88 bits per heavy atom. The van der Waals surface area contributed by atoms with Crippen molar-refractivity contribution in [2.45, 2.75) is 31.8 Å². The van der Waals surface area contributed by atoms with Crippen molar-refractivity contribution in [1.82, 2.24) is 4.90 Å². The molecule has 1 amide bonds. The first-order valence-corrected chi connectivity index (χ1v) is 5.78. The van der Waals surface area contributed by atoms with E-state index in [0.717, 1.165) is 11.1 Å². The van der Waals surface area contributed by atoms with E-state index in [1.165, 1.54) is 12.1 Å². The van der Waals surface area contributed by atoms with Crippen LogP contribution in [0.15, 0.2) is 18.2 Å². The monoisotopic (exact) mass is 236 g/mol. The lowest BCUT2D eigenvalue weighted by Crippen LogP contribution is -2.47. The maximum Gasteiger partial charge on any atom is 0.222 e. The van der Waals surface area contributed by atoms with Gasteiger partial charge in [0.1, 0.15) is 5.82 Å². The maximum atomic E-state index is 13.3. The molecule has 92 valence electrons. The van der Waals surface area contributed by atoms with Crippen LogP contribution in [0.2, 0.25) is 0 Å². The minimum Gasteiger partial charge on any atom is -0.337 e. The van der Waals surface area contributed by atoms with Crippen molar-refractivity contribution in [3.63, 3.8) is 0 Å². The Kier molecular flexibility index (Phi) is 3.15. The number of carbonyl (C=O) groups is 1. The van der Waals surface area contributed by atoms with Gasteiger partial charge in [-0.05, 0) is 36.6 Å². The third kappa shape index (κ3) is 2.17. The van der Waals surface area contributed by atoms with Gasteiger partial charge in [0.2, 0.25) is 5.91 Å². The first-order chi connectivity index (χ1) is 8.00. The molecule has 0 saturated carbocycles. The second-order valence-corrected chi connectivity index (χ2v) is 4.65. The van der Waals surface area contributed by atoms with Gasteiger partial charge < -0.3 is 10.6 Å². The largest absolute Gasteiger partial charge is 0.337 e. The van der Waals surface area contributed by atoms with E-state index in [1.807, 2.05) is 6.92 Å². The summed E-state index contributed by atoms with van der Waals surface area (Å²) in [5.41, 5.74) is 7.85. The van der Waals surface area contributed by atoms with Crippen LogP contribution in [0.25, 0.3) is 0 Å². The van der Waals surface area contributed by atoms with Crippen LogP contribution in [0.1, 0.15) is 30.0 Å². The van der Waals surface area contributed by atoms with Gasteiger partial charge in [0.25, 0.3) is 0 Å². The van der Waals surface area contributed by atoms with E-state index in [9.17, 15) is 9.18 Å². The lowest BCUT2D eigenvalue weighted by molar-refractivity contribution is -0.135. The Bertz CT molecular complexity index is 447. The fourth-order valence-electron chi connectivity index (χ4n) is 2.44. The summed E-state index contributed by atoms with van der Waals surface area (Å²) < 4.78 is 13.3. The van der Waals surface area contributed by atoms with Crippen LogP contribution >= 0.6 is 0 Å². The first-order valence-electron chi connectivity index (χ1n) is 5.78. The second-order valence-electron chi connectivity index (χ2n) is 4.65. The van der Waals surface area contributed by atoms with Crippen LogP contribution in [0, 0.1) is 12.7 Å². The van der Waals surface area contributed by atoms with Crippen molar-refractivity contribution in [3.8, 4) is 0 Å². The molecule has 3 nitrogen and oxygen atoms in total. The highest BCUT2D eigenvalue weighted by Gasteiger charge is 2.33. The molecule has 1 aliphatic rings. The molecule has 0 radical (unpaired) electrons. The highest BCUT2D eigenvalue weighted by molar-refractivity contribution is 5.77. The molecule has 1 fully saturated rings. The van der Waals surface area contributed by atoms with Crippen LogP contribution in [-0.4, -0.2) is 23.9 Å². The van der Waals surface area contributed by atoms with E-state index in [2.05, 4.69) is 0 Å². The topological polar surface area (TPSA) is 46.3 Å². The van der Waals surface area contributed by atoms with E-state index in [1.54, 1.807) is 18.0 Å². The number of carbonyl (C=O) groups excluding carboxylic acids is 1. The maximum absolute atomic E-state index is 13.3. The Morgan fingerprint density at radius 1 is 1.47 bits per heavy atom. The molecule has 1 aromatic rings. The van der Waals surface area contributed by atoms with Crippen LogP contribution < -0.4 is 5.73 Å². The van der Waals surface area contributed by atoms with Crippen molar-refractivity contribution in [2.75, 3.05) is 7.05 Å². The smallest absolute Gasteiger partial charge is 0.222 e. The van der Waals surface area contributed by atoms with Crippen molar-refractivity contribution >= 4 is 5.91 Å². The van der Waals surface area contributed by atoms with Crippen molar-refractivity contribution in [1.29, 1.82) is 0 Å². The number of halogens is 1. The minimum absolute atomic E-state index is 0.0698. The normalized spacial score (nSPS) is 25.2. The lowest BCUT2D eigenvalue weighted by Gasteiger charge is -2.38. The molecule has 1 heterocycles. The van der Waals surface area contributed by atoms with Gasteiger partial charge in [-0.15, -0.1) is 0 Å². The van der Waals surface area contributed by atoms with Gasteiger partial charge in [0.05, 0.1) is 6.04 Å². The summed E-state index contributed by atoms with van der Waals surface area (Å²) in [7, 11) is 1.73. The molecule has 2 unspecified atom stereocenters. The summed E-state index contributed by atoms with van der Waals surface area (Å²) in [5, 5.41) is 0. The Labute approximate surface area is 100 Å². The summed E-state index contributed by atoms with van der Waals surface area (Å²) in [6.45, 7) is 1.91. The van der Waals surface area contributed by atoms with E-state index in [-0.39, 0.29) is 23.8 Å². The third-order valence-corrected chi connectivity index (χ3v) is 3.47. The van der Waals surface area contributed by atoms with Crippen molar-refractivity contribution in [2.24, 2.45) is 5.73 Å². The van der Waals surface area contributed by atoms with Gasteiger partial charge in [0, 0.05) is 19.5 Å². The van der Waals surface area contributed by atoms with E-state index in [0.29, 0.717) is 12.8 Å². The first kappa shape index (κ1) is 12.0. The van der Waals surface area contributed by atoms with Gasteiger partial charge in [-0.2, -0.15) is 0 Å². The third-order valence-electron chi connectivity index (χ3n) is 3.47. The van der Waals surface area contributed by atoms with Crippen molar-refractivity contribution < 1.29 is 9.18 Å². The standard InChI is InChI=1S/C13H17FN2O/c1-8-3-4-9(14)7-10(8)13-11(15)5-6-12(17)16(13)2/h3-4,7,11,13H,5-6,15H2,1-2H3. The van der Waals surface area contributed by atoms with Crippen LogP contribution in [0.5, 0.6) is 0 Å². The Balaban J connectivity index is 2.42. The van der Waals surface area contributed by atoms with E-state index in [4.69, 9.17) is 5.73 Å². The molecule has 2 rings (SSSR count). The molecule has 2 atom stereocenters. The molecular formula is C13H17FN2O. The minimum atomic E-state index is -0.288. The number of hydrogen-bond donors (Lipinski definition) is 1. The molecule has 17 heavy (non-hydrogen) atoms. The molecule has 4 heteroatoms. The SMILES string of the molecule is Cc1ccc(F)cc1C1C(N)CCC(=O)N1C. The van der Waals surface area contributed by atoms with E-state index >= 15 is 0 Å². The highest BCUT2D eigenvalue weighted by Crippen LogP contribution is 2.31. The zero-order valence-corrected chi connectivity index (χ0v) is 10.1. The molecule has 0 aromatic heterocycles. The number of amides is 1. The van der Waals surface area contributed by atoms with Gasteiger partial charge in [-0.25, -0.2) is 4.39 Å². The summed E-state index contributed by atoms with van der Waals surface area (Å²) in [5.74, 6) is -0.218. The number of likely N-dealkylation sites (tertiary alicyclic amines) is 1. The van der Waals surface area contributed by atoms with Gasteiger partial charge in [-0.1, -0.05) is 6.07 Å². The average molecular weight is 236 g/mol. The quantitative estimate of drug-likeness (QED) is 0.807. The van der Waals surface area contributed by atoms with Crippen LogP contribution in [0.4, 0.5) is 4.39 Å². The number of benzene rings is 1. The summed E-state index contributed by atoms with van der Waals surface area (Å²) in [4.78, 5) is 13.3. The zero-order valence-electron chi connectivity index (χ0n) is 10.1. The number of piperidine rings is 1. The summed E-state index contributed by atoms with van der Waals surface area (Å²) in [6, 6.07) is 4.29. The van der Waals surface area contributed by atoms with E-state index < -0.39 is 0 Å². The fraction of sp³-hybridized carbons (Fsp3) is 0.462. The summed E-state index contributed by atoms with van der Waals surface area (Å²) in [6.07, 6.45) is 1.13. The van der Waals surface area contributed by atoms with Gasteiger partial charge >= 0.3 is 0 Å². The van der Waals surface area contributed by atoms with Crippen LogP contribution in [-0.2, 0) is 4.79 Å². The lowest BCUT2D eigenvalue weighted by atomic mass is 9.89. The highest BCUT2D eigenvalue weighted by atomic mass is 19.1. The molecule has 0 aliphatic carbocycles. The molecule has 1 saturated heterocycles. The number of nitrogens with two attached hydrogens (primary N) is 1. The molecule has 1 aliphatic heterocycles.